The smallest absolute Gasteiger partial charge is 0.303 e. The second kappa shape index (κ2) is 7.36. The van der Waals surface area contributed by atoms with Crippen LogP contribution in [0.5, 0.6) is 0 Å². The first-order valence-electron chi connectivity index (χ1n) is 7.09. The minimum Gasteiger partial charge on any atom is -0.481 e. The van der Waals surface area contributed by atoms with E-state index in [0.717, 1.165) is 4.90 Å². The van der Waals surface area contributed by atoms with Crippen LogP contribution < -0.4 is 10.6 Å². The summed E-state index contributed by atoms with van der Waals surface area (Å²) in [6, 6.07) is 5.87. The van der Waals surface area contributed by atoms with Gasteiger partial charge >= 0.3 is 5.97 Å². The van der Waals surface area contributed by atoms with E-state index in [1.807, 2.05) is 0 Å². The van der Waals surface area contributed by atoms with Crippen molar-refractivity contribution < 1.29 is 29.1 Å². The molecule has 1 fully saturated rings. The Bertz CT molecular complexity index is 682. The number of carbonyl (C=O) groups excluding carboxylic acids is 4. The van der Waals surface area contributed by atoms with Crippen LogP contribution in [0.15, 0.2) is 24.3 Å². The molecule has 24 heavy (non-hydrogen) atoms. The first-order chi connectivity index (χ1) is 11.3. The summed E-state index contributed by atoms with van der Waals surface area (Å²) in [6.45, 7) is -0.392. The molecule has 9 heteroatoms. The van der Waals surface area contributed by atoms with Gasteiger partial charge in [0.1, 0.15) is 13.1 Å². The maximum absolute atomic E-state index is 12.2. The summed E-state index contributed by atoms with van der Waals surface area (Å²) < 4.78 is 0. The van der Waals surface area contributed by atoms with Crippen molar-refractivity contribution in [1.29, 1.82) is 0 Å². The SMILES string of the molecule is O=C(O)CCC(=O)Nc1ccc(C(=O)N2CC(=O)NC(=O)C2)cc1. The molecule has 0 aromatic heterocycles. The quantitative estimate of drug-likeness (QED) is 0.627. The molecule has 1 saturated heterocycles. The summed E-state index contributed by atoms with van der Waals surface area (Å²) in [7, 11) is 0. The van der Waals surface area contributed by atoms with E-state index in [1.165, 1.54) is 24.3 Å². The van der Waals surface area contributed by atoms with Gasteiger partial charge in [0.05, 0.1) is 6.42 Å². The normalized spacial score (nSPS) is 14.1. The van der Waals surface area contributed by atoms with Gasteiger partial charge in [-0.25, -0.2) is 0 Å². The Hall–Kier alpha value is -3.23. The fourth-order valence-corrected chi connectivity index (χ4v) is 2.10. The average Bonchev–Trinajstić information content (AvgIpc) is 2.52. The molecular weight excluding hydrogens is 318 g/mol. The lowest BCUT2D eigenvalue weighted by molar-refractivity contribution is -0.138. The molecular formula is C15H15N3O6. The third-order valence-electron chi connectivity index (χ3n) is 3.22. The van der Waals surface area contributed by atoms with Crippen LogP contribution in [0.4, 0.5) is 5.69 Å². The van der Waals surface area contributed by atoms with Crippen LogP contribution in [-0.2, 0) is 19.2 Å². The number of carboxylic acids is 1. The number of carboxylic acid groups (broad SMARTS) is 1. The van der Waals surface area contributed by atoms with Crippen molar-refractivity contribution in [3.05, 3.63) is 29.8 Å². The van der Waals surface area contributed by atoms with E-state index in [0.29, 0.717) is 5.69 Å². The van der Waals surface area contributed by atoms with Gasteiger partial charge in [-0.05, 0) is 24.3 Å². The van der Waals surface area contributed by atoms with Gasteiger partial charge in [0.25, 0.3) is 5.91 Å². The van der Waals surface area contributed by atoms with E-state index in [2.05, 4.69) is 10.6 Å². The number of anilines is 1. The van der Waals surface area contributed by atoms with Gasteiger partial charge in [-0.15, -0.1) is 0 Å². The van der Waals surface area contributed by atoms with E-state index in [-0.39, 0.29) is 31.5 Å². The highest BCUT2D eigenvalue weighted by Gasteiger charge is 2.26. The molecule has 0 spiro atoms. The largest absolute Gasteiger partial charge is 0.481 e. The molecule has 9 nitrogen and oxygen atoms in total. The second-order valence-corrected chi connectivity index (χ2v) is 5.15. The van der Waals surface area contributed by atoms with Crippen LogP contribution in [0, 0.1) is 0 Å². The number of rotatable bonds is 5. The molecule has 3 N–H and O–H groups in total. The van der Waals surface area contributed by atoms with E-state index >= 15 is 0 Å². The van der Waals surface area contributed by atoms with Gasteiger partial charge in [0.2, 0.25) is 17.7 Å². The first kappa shape index (κ1) is 17.1. The van der Waals surface area contributed by atoms with E-state index in [4.69, 9.17) is 5.11 Å². The van der Waals surface area contributed by atoms with E-state index in [9.17, 15) is 24.0 Å². The topological polar surface area (TPSA) is 133 Å². The summed E-state index contributed by atoms with van der Waals surface area (Å²) in [5.41, 5.74) is 0.676. The van der Waals surface area contributed by atoms with Crippen molar-refractivity contribution in [2.75, 3.05) is 18.4 Å². The van der Waals surface area contributed by atoms with Gasteiger partial charge in [0, 0.05) is 17.7 Å². The third kappa shape index (κ3) is 4.63. The number of aliphatic carboxylic acids is 1. The second-order valence-electron chi connectivity index (χ2n) is 5.15. The number of nitrogens with zero attached hydrogens (tertiary/aromatic N) is 1. The van der Waals surface area contributed by atoms with Crippen molar-refractivity contribution in [3.8, 4) is 0 Å². The number of carbonyl (C=O) groups is 5. The highest BCUT2D eigenvalue weighted by molar-refractivity contribution is 6.05. The zero-order valence-corrected chi connectivity index (χ0v) is 12.6. The van der Waals surface area contributed by atoms with Crippen molar-refractivity contribution in [2.24, 2.45) is 0 Å². The lowest BCUT2D eigenvalue weighted by Gasteiger charge is -2.25. The Morgan fingerprint density at radius 2 is 1.62 bits per heavy atom. The summed E-state index contributed by atoms with van der Waals surface area (Å²) in [5.74, 6) is -3.06. The van der Waals surface area contributed by atoms with Crippen LogP contribution >= 0.6 is 0 Å². The number of amides is 4. The van der Waals surface area contributed by atoms with Gasteiger partial charge in [-0.2, -0.15) is 0 Å². The standard InChI is InChI=1S/C15H15N3O6/c19-11(5-6-14(22)23)16-10-3-1-9(2-4-10)15(24)18-7-12(20)17-13(21)8-18/h1-4H,5-8H2,(H,16,19)(H,22,23)(H,17,20,21). The summed E-state index contributed by atoms with van der Waals surface area (Å²) >= 11 is 0. The number of nitrogens with one attached hydrogen (secondary N) is 2. The Morgan fingerprint density at radius 1 is 1.04 bits per heavy atom. The molecule has 0 unspecified atom stereocenters. The molecule has 0 radical (unpaired) electrons. The number of hydrogen-bond acceptors (Lipinski definition) is 5. The van der Waals surface area contributed by atoms with Gasteiger partial charge in [0.15, 0.2) is 0 Å². The zero-order valence-electron chi connectivity index (χ0n) is 12.6. The Labute approximate surface area is 136 Å². The maximum atomic E-state index is 12.2. The molecule has 1 aliphatic heterocycles. The van der Waals surface area contributed by atoms with E-state index < -0.39 is 29.6 Å². The molecule has 1 aromatic rings. The lowest BCUT2D eigenvalue weighted by atomic mass is 10.1. The van der Waals surface area contributed by atoms with Crippen LogP contribution in [0.2, 0.25) is 0 Å². The van der Waals surface area contributed by atoms with Crippen LogP contribution in [-0.4, -0.2) is 52.7 Å². The zero-order chi connectivity index (χ0) is 17.7. The molecule has 1 aromatic carbocycles. The minimum atomic E-state index is -1.06. The Balaban J connectivity index is 1.97. The first-order valence-corrected chi connectivity index (χ1v) is 7.09. The number of benzene rings is 1. The van der Waals surface area contributed by atoms with Crippen LogP contribution in [0.1, 0.15) is 23.2 Å². The molecule has 126 valence electrons. The molecule has 0 atom stereocenters. The molecule has 2 rings (SSSR count). The monoisotopic (exact) mass is 333 g/mol. The molecule has 0 saturated carbocycles. The summed E-state index contributed by atoms with van der Waals surface area (Å²) in [4.78, 5) is 57.9. The molecule has 1 heterocycles. The fourth-order valence-electron chi connectivity index (χ4n) is 2.10. The Kier molecular flexibility index (Phi) is 5.25. The number of imide groups is 1. The van der Waals surface area contributed by atoms with E-state index in [1.54, 1.807) is 0 Å². The Morgan fingerprint density at radius 3 is 2.17 bits per heavy atom. The lowest BCUT2D eigenvalue weighted by Crippen LogP contribution is -2.53. The average molecular weight is 333 g/mol. The highest BCUT2D eigenvalue weighted by atomic mass is 16.4. The van der Waals surface area contributed by atoms with Crippen molar-refractivity contribution in [3.63, 3.8) is 0 Å². The predicted molar refractivity (Wildman–Crippen MR) is 81.0 cm³/mol. The molecule has 1 aliphatic rings. The van der Waals surface area contributed by atoms with Gasteiger partial charge < -0.3 is 15.3 Å². The summed E-state index contributed by atoms with van der Waals surface area (Å²) in [6.07, 6.45) is -0.422. The van der Waals surface area contributed by atoms with Crippen molar-refractivity contribution in [1.82, 2.24) is 10.2 Å². The number of piperazine rings is 1. The van der Waals surface area contributed by atoms with Crippen LogP contribution in [0.3, 0.4) is 0 Å². The fraction of sp³-hybridized carbons (Fsp3) is 0.267. The molecule has 0 aliphatic carbocycles. The third-order valence-corrected chi connectivity index (χ3v) is 3.22. The summed E-state index contributed by atoms with van der Waals surface area (Å²) in [5, 5.41) is 13.1. The predicted octanol–water partition coefficient (Wildman–Crippen LogP) is -0.411. The van der Waals surface area contributed by atoms with Crippen LogP contribution in [0.25, 0.3) is 0 Å². The van der Waals surface area contributed by atoms with Crippen molar-refractivity contribution in [2.45, 2.75) is 12.8 Å². The van der Waals surface area contributed by atoms with Gasteiger partial charge in [-0.3, -0.25) is 29.3 Å². The highest BCUT2D eigenvalue weighted by Crippen LogP contribution is 2.13. The maximum Gasteiger partial charge on any atom is 0.303 e. The number of hydrogen-bond donors (Lipinski definition) is 3. The van der Waals surface area contributed by atoms with Gasteiger partial charge in [-0.1, -0.05) is 0 Å². The molecule has 4 amide bonds. The minimum absolute atomic E-state index is 0.152. The van der Waals surface area contributed by atoms with Crippen molar-refractivity contribution >= 4 is 35.3 Å². The molecule has 0 bridgehead atoms.